The fourth-order valence-corrected chi connectivity index (χ4v) is 0.657. The third-order valence-corrected chi connectivity index (χ3v) is 1.14. The van der Waals surface area contributed by atoms with E-state index in [4.69, 9.17) is 4.74 Å². The zero-order chi connectivity index (χ0) is 6.53. The zero-order valence-electron chi connectivity index (χ0n) is 5.50. The average molecular weight is 127 g/mol. The molecule has 0 aliphatic heterocycles. The van der Waals surface area contributed by atoms with Crippen molar-refractivity contribution in [3.63, 3.8) is 0 Å². The Morgan fingerprint density at radius 2 is 2.56 bits per heavy atom. The molecule has 0 fully saturated rings. The predicted molar refractivity (Wildman–Crippen MR) is 32.9 cm³/mol. The summed E-state index contributed by atoms with van der Waals surface area (Å²) in [6.45, 7) is 1.65. The van der Waals surface area contributed by atoms with Crippen molar-refractivity contribution in [1.29, 1.82) is 0 Å². The number of hydrogen-bond acceptors (Lipinski definition) is 1. The summed E-state index contributed by atoms with van der Waals surface area (Å²) >= 11 is 0. The predicted octanol–water partition coefficient (Wildman–Crippen LogP) is -0.0514. The molecule has 0 bridgehead atoms. The third-order valence-electron chi connectivity index (χ3n) is 1.14. The van der Waals surface area contributed by atoms with Crippen LogP contribution in [0, 0.1) is 0 Å². The number of hydrogen-bond donors (Lipinski definition) is 1. The van der Waals surface area contributed by atoms with E-state index >= 15 is 0 Å². The van der Waals surface area contributed by atoms with Crippen molar-refractivity contribution in [3.05, 3.63) is 18.5 Å². The number of methoxy groups -OCH3 is 1. The molecule has 1 rings (SSSR count). The van der Waals surface area contributed by atoms with Gasteiger partial charge in [-0.2, -0.15) is 5.10 Å². The molecule has 0 aliphatic rings. The number of H-pyrrole nitrogens is 1. The molecule has 0 saturated carbocycles. The van der Waals surface area contributed by atoms with E-state index in [0.29, 0.717) is 0 Å². The van der Waals surface area contributed by atoms with Crippen LogP contribution in [0.25, 0.3) is 0 Å². The Morgan fingerprint density at radius 3 is 3.11 bits per heavy atom. The van der Waals surface area contributed by atoms with E-state index in [0.717, 1.165) is 13.2 Å². The van der Waals surface area contributed by atoms with Crippen LogP contribution in [0.5, 0.6) is 0 Å². The van der Waals surface area contributed by atoms with Gasteiger partial charge in [-0.05, 0) is 0 Å². The Balaban J connectivity index is 2.30. The number of aromatic amines is 1. The molecule has 0 radical (unpaired) electrons. The summed E-state index contributed by atoms with van der Waals surface area (Å²) in [5.74, 6) is 0. The molecule has 9 heavy (non-hydrogen) atoms. The van der Waals surface area contributed by atoms with Crippen molar-refractivity contribution in [3.8, 4) is 0 Å². The molecule has 50 valence electrons. The summed E-state index contributed by atoms with van der Waals surface area (Å²) in [6.07, 6.45) is 3.86. The zero-order valence-corrected chi connectivity index (χ0v) is 5.50. The molecule has 0 amide bonds. The molecule has 0 aromatic carbocycles. The Hall–Kier alpha value is -0.830. The molecular weight excluding hydrogens is 116 g/mol. The van der Waals surface area contributed by atoms with Gasteiger partial charge in [0.15, 0.2) is 12.7 Å². The molecular formula is C6H11N2O+. The van der Waals surface area contributed by atoms with Crippen LogP contribution >= 0.6 is 0 Å². The van der Waals surface area contributed by atoms with Crippen LogP contribution in [0.4, 0.5) is 0 Å². The molecule has 0 atom stereocenters. The van der Waals surface area contributed by atoms with Gasteiger partial charge in [-0.1, -0.05) is 0 Å². The van der Waals surface area contributed by atoms with Gasteiger partial charge >= 0.3 is 0 Å². The topological polar surface area (TPSA) is 28.9 Å². The number of rotatable bonds is 3. The monoisotopic (exact) mass is 127 g/mol. The van der Waals surface area contributed by atoms with Gasteiger partial charge in [0.05, 0.1) is 6.20 Å². The fraction of sp³-hybridized carbons (Fsp3) is 0.500. The Bertz CT molecular complexity index is 148. The maximum Gasteiger partial charge on any atom is 0.195 e. The lowest BCUT2D eigenvalue weighted by Gasteiger charge is -1.88. The van der Waals surface area contributed by atoms with E-state index in [-0.39, 0.29) is 0 Å². The normalized spacial score (nSPS) is 9.89. The first-order valence-corrected chi connectivity index (χ1v) is 2.95. The third kappa shape index (κ3) is 1.85. The van der Waals surface area contributed by atoms with Gasteiger partial charge in [-0.3, -0.25) is 0 Å². The fourth-order valence-electron chi connectivity index (χ4n) is 0.657. The van der Waals surface area contributed by atoms with E-state index in [1.807, 2.05) is 23.1 Å². The minimum absolute atomic E-state index is 0.755. The molecule has 1 aromatic rings. The lowest BCUT2D eigenvalue weighted by atomic mass is 10.7. The van der Waals surface area contributed by atoms with Crippen molar-refractivity contribution in [2.24, 2.45) is 0 Å². The second kappa shape index (κ2) is 3.25. The molecule has 0 spiro atoms. The van der Waals surface area contributed by atoms with Crippen LogP contribution in [0.3, 0.4) is 0 Å². The van der Waals surface area contributed by atoms with Crippen LogP contribution in [0.1, 0.15) is 0 Å². The van der Waals surface area contributed by atoms with E-state index in [1.165, 1.54) is 0 Å². The first-order chi connectivity index (χ1) is 4.43. The van der Waals surface area contributed by atoms with Crippen molar-refractivity contribution >= 4 is 0 Å². The minimum Gasteiger partial charge on any atom is -0.378 e. The largest absolute Gasteiger partial charge is 0.378 e. The maximum absolute atomic E-state index is 4.87. The van der Waals surface area contributed by atoms with Crippen LogP contribution in [-0.2, 0) is 11.3 Å². The van der Waals surface area contributed by atoms with Gasteiger partial charge in [-0.15, -0.1) is 4.68 Å². The van der Waals surface area contributed by atoms with E-state index in [1.54, 1.807) is 7.11 Å². The van der Waals surface area contributed by atoms with Crippen LogP contribution in [-0.4, -0.2) is 18.8 Å². The molecule has 0 saturated heterocycles. The molecule has 1 heterocycles. The summed E-state index contributed by atoms with van der Waals surface area (Å²) in [7, 11) is 1.70. The summed E-state index contributed by atoms with van der Waals surface area (Å²) in [4.78, 5) is 0. The Labute approximate surface area is 54.2 Å². The molecule has 0 aliphatic carbocycles. The van der Waals surface area contributed by atoms with Crippen LogP contribution in [0.15, 0.2) is 18.5 Å². The SMILES string of the molecule is COCC[n+]1ccc[nH]1. The van der Waals surface area contributed by atoms with Crippen molar-refractivity contribution < 1.29 is 9.42 Å². The summed E-state index contributed by atoms with van der Waals surface area (Å²) in [6, 6.07) is 1.95. The molecule has 1 aromatic heterocycles. The standard InChI is InChI=1S/C6H10N2O/c1-9-6-5-8-4-2-3-7-8/h2-4H,5-6H2,1H3/p+1. The lowest BCUT2D eigenvalue weighted by molar-refractivity contribution is -0.751. The smallest absolute Gasteiger partial charge is 0.195 e. The average Bonchev–Trinajstić information content (AvgIpc) is 2.34. The summed E-state index contributed by atoms with van der Waals surface area (Å²) in [5, 5.41) is 3.01. The van der Waals surface area contributed by atoms with E-state index in [9.17, 15) is 0 Å². The van der Waals surface area contributed by atoms with Gasteiger partial charge in [-0.25, -0.2) is 0 Å². The van der Waals surface area contributed by atoms with Gasteiger partial charge < -0.3 is 4.74 Å². The Kier molecular flexibility index (Phi) is 2.27. The summed E-state index contributed by atoms with van der Waals surface area (Å²) < 4.78 is 6.84. The highest BCUT2D eigenvalue weighted by Gasteiger charge is 1.95. The molecule has 0 unspecified atom stereocenters. The minimum atomic E-state index is 0.755. The number of ether oxygens (including phenoxy) is 1. The van der Waals surface area contributed by atoms with Gasteiger partial charge in [0.2, 0.25) is 0 Å². The highest BCUT2D eigenvalue weighted by molar-refractivity contribution is 4.66. The summed E-state index contributed by atoms with van der Waals surface area (Å²) in [5.41, 5.74) is 0. The first kappa shape index (κ1) is 6.29. The van der Waals surface area contributed by atoms with Crippen molar-refractivity contribution in [2.45, 2.75) is 6.54 Å². The van der Waals surface area contributed by atoms with Gasteiger partial charge in [0, 0.05) is 13.2 Å². The quantitative estimate of drug-likeness (QED) is 0.566. The highest BCUT2D eigenvalue weighted by atomic mass is 16.5. The van der Waals surface area contributed by atoms with Gasteiger partial charge in [0.1, 0.15) is 6.61 Å². The number of nitrogens with zero attached hydrogens (tertiary/aromatic N) is 1. The van der Waals surface area contributed by atoms with Crippen LogP contribution < -0.4 is 4.68 Å². The number of nitrogens with one attached hydrogen (secondary N) is 1. The van der Waals surface area contributed by atoms with E-state index < -0.39 is 0 Å². The molecule has 1 N–H and O–H groups in total. The van der Waals surface area contributed by atoms with Crippen LogP contribution in [0.2, 0.25) is 0 Å². The maximum atomic E-state index is 4.87. The van der Waals surface area contributed by atoms with E-state index in [2.05, 4.69) is 5.10 Å². The second-order valence-corrected chi connectivity index (χ2v) is 1.82. The first-order valence-electron chi connectivity index (χ1n) is 2.95. The Morgan fingerprint density at radius 1 is 1.67 bits per heavy atom. The van der Waals surface area contributed by atoms with Gasteiger partial charge in [0.25, 0.3) is 0 Å². The van der Waals surface area contributed by atoms with Crippen molar-refractivity contribution in [2.75, 3.05) is 13.7 Å². The molecule has 3 heteroatoms. The second-order valence-electron chi connectivity index (χ2n) is 1.82. The van der Waals surface area contributed by atoms with Crippen molar-refractivity contribution in [1.82, 2.24) is 5.10 Å². The molecule has 3 nitrogen and oxygen atoms in total. The lowest BCUT2D eigenvalue weighted by Crippen LogP contribution is -2.36. The number of aromatic nitrogens is 2. The highest BCUT2D eigenvalue weighted by Crippen LogP contribution is 1.70.